The molecule has 0 aliphatic heterocycles. The lowest BCUT2D eigenvalue weighted by molar-refractivity contribution is -0.137. The van der Waals surface area contributed by atoms with Crippen LogP contribution in [0.2, 0.25) is 0 Å². The summed E-state index contributed by atoms with van der Waals surface area (Å²) in [6.07, 6.45) is -1.32. The molecule has 4 aromatic carbocycles. The van der Waals surface area contributed by atoms with Gasteiger partial charge in [-0.3, -0.25) is 9.78 Å². The predicted octanol–water partition coefficient (Wildman–Crippen LogP) is 8.04. The zero-order valence-corrected chi connectivity index (χ0v) is 23.8. The Kier molecular flexibility index (Phi) is 6.69. The first-order valence-corrected chi connectivity index (χ1v) is 14.4. The normalized spacial score (nSPS) is 14.0. The van der Waals surface area contributed by atoms with Crippen LogP contribution < -0.4 is 5.32 Å². The number of carboxylic acids is 1. The van der Waals surface area contributed by atoms with Crippen LogP contribution in [0.5, 0.6) is 0 Å². The Labute approximate surface area is 255 Å². The molecule has 224 valence electrons. The molecule has 45 heavy (non-hydrogen) atoms. The largest absolute Gasteiger partial charge is 0.478 e. The third kappa shape index (κ3) is 5.42. The van der Waals surface area contributed by atoms with Crippen LogP contribution in [0.1, 0.15) is 50.4 Å². The van der Waals surface area contributed by atoms with Crippen LogP contribution in [-0.2, 0) is 18.3 Å². The molecule has 1 amide bonds. The quantitative estimate of drug-likeness (QED) is 0.193. The average molecular weight is 606 g/mol. The first-order chi connectivity index (χ1) is 21.6. The van der Waals surface area contributed by atoms with Gasteiger partial charge in [-0.05, 0) is 84.1 Å². The van der Waals surface area contributed by atoms with Crippen LogP contribution in [0.3, 0.4) is 0 Å². The van der Waals surface area contributed by atoms with Gasteiger partial charge in [0.25, 0.3) is 5.91 Å². The van der Waals surface area contributed by atoms with Gasteiger partial charge in [0, 0.05) is 17.0 Å². The third-order valence-electron chi connectivity index (χ3n) is 8.40. The lowest BCUT2D eigenvalue weighted by atomic mass is 9.97. The molecule has 0 radical (unpaired) electrons. The number of aromatic carboxylic acids is 1. The lowest BCUT2D eigenvalue weighted by Gasteiger charge is -2.20. The minimum atomic E-state index is -4.51. The summed E-state index contributed by atoms with van der Waals surface area (Å²) in [5, 5.41) is 14.2. The molecular weight excluding hydrogens is 579 g/mol. The second-order valence-electron chi connectivity index (χ2n) is 11.4. The van der Waals surface area contributed by atoms with Crippen molar-refractivity contribution >= 4 is 33.7 Å². The van der Waals surface area contributed by atoms with E-state index in [2.05, 4.69) is 5.32 Å². The van der Waals surface area contributed by atoms with Gasteiger partial charge in [-0.2, -0.15) is 13.2 Å². The smallest absolute Gasteiger partial charge is 0.416 e. The predicted molar refractivity (Wildman–Crippen MR) is 165 cm³/mol. The molecule has 0 unspecified atom stereocenters. The highest BCUT2D eigenvalue weighted by Crippen LogP contribution is 2.46. The van der Waals surface area contributed by atoms with Gasteiger partial charge in [0.1, 0.15) is 0 Å². The molecule has 0 bridgehead atoms. The summed E-state index contributed by atoms with van der Waals surface area (Å²) < 4.78 is 42.6. The van der Waals surface area contributed by atoms with Crippen molar-refractivity contribution in [1.29, 1.82) is 0 Å². The molecule has 1 fully saturated rings. The molecule has 1 saturated carbocycles. The molecule has 2 aromatic heterocycles. The number of para-hydroxylation sites is 1. The minimum absolute atomic E-state index is 0.150. The SMILES string of the molecule is O=C(O)c1ccc(C2(NC(=O)c3cc(-c4cccc(C(F)(F)F)c4)cc4ccn(Cc5ccc6ccccc6n5)c34)CC2)cc1. The number of nitrogens with one attached hydrogen (secondary N) is 1. The van der Waals surface area contributed by atoms with Crippen molar-refractivity contribution in [2.75, 3.05) is 0 Å². The fourth-order valence-corrected chi connectivity index (χ4v) is 5.89. The fraction of sp³-hybridized carbons (Fsp3) is 0.139. The van der Waals surface area contributed by atoms with E-state index in [1.165, 1.54) is 18.2 Å². The topological polar surface area (TPSA) is 84.2 Å². The maximum absolute atomic E-state index is 14.1. The fourth-order valence-electron chi connectivity index (χ4n) is 5.89. The van der Waals surface area contributed by atoms with E-state index in [1.54, 1.807) is 30.3 Å². The number of aromatic nitrogens is 2. The lowest BCUT2D eigenvalue weighted by Crippen LogP contribution is -2.35. The van der Waals surface area contributed by atoms with Gasteiger partial charge >= 0.3 is 12.1 Å². The van der Waals surface area contributed by atoms with Crippen LogP contribution in [0.15, 0.2) is 109 Å². The molecular formula is C36H26F3N3O3. The molecule has 0 atom stereocenters. The van der Waals surface area contributed by atoms with Gasteiger partial charge in [0.15, 0.2) is 0 Å². The van der Waals surface area contributed by atoms with Crippen LogP contribution in [0.4, 0.5) is 13.2 Å². The summed E-state index contributed by atoms with van der Waals surface area (Å²) in [4.78, 5) is 30.3. The molecule has 0 saturated heterocycles. The molecule has 7 rings (SSSR count). The number of alkyl halides is 3. The van der Waals surface area contributed by atoms with Crippen molar-refractivity contribution in [1.82, 2.24) is 14.9 Å². The molecule has 2 heterocycles. The van der Waals surface area contributed by atoms with E-state index in [4.69, 9.17) is 4.98 Å². The Bertz CT molecular complexity index is 2110. The highest BCUT2D eigenvalue weighted by molar-refractivity contribution is 6.08. The Hall–Kier alpha value is -5.44. The van der Waals surface area contributed by atoms with E-state index >= 15 is 0 Å². The van der Waals surface area contributed by atoms with Gasteiger partial charge in [-0.15, -0.1) is 0 Å². The van der Waals surface area contributed by atoms with Crippen molar-refractivity contribution in [2.24, 2.45) is 0 Å². The van der Waals surface area contributed by atoms with Crippen molar-refractivity contribution in [3.05, 3.63) is 137 Å². The van der Waals surface area contributed by atoms with E-state index in [-0.39, 0.29) is 11.5 Å². The number of rotatable bonds is 7. The number of amides is 1. The minimum Gasteiger partial charge on any atom is -0.478 e. The van der Waals surface area contributed by atoms with Crippen molar-refractivity contribution in [3.63, 3.8) is 0 Å². The Morgan fingerprint density at radius 3 is 2.36 bits per heavy atom. The van der Waals surface area contributed by atoms with Gasteiger partial charge in [-0.1, -0.05) is 48.5 Å². The second-order valence-corrected chi connectivity index (χ2v) is 11.4. The molecule has 9 heteroatoms. The van der Waals surface area contributed by atoms with Gasteiger partial charge in [0.2, 0.25) is 0 Å². The summed E-state index contributed by atoms with van der Waals surface area (Å²) >= 11 is 0. The summed E-state index contributed by atoms with van der Waals surface area (Å²) in [6.45, 7) is 0.374. The number of halogens is 3. The van der Waals surface area contributed by atoms with Crippen LogP contribution in [0, 0.1) is 0 Å². The second kappa shape index (κ2) is 10.6. The van der Waals surface area contributed by atoms with Crippen molar-refractivity contribution < 1.29 is 27.9 Å². The number of hydrogen-bond donors (Lipinski definition) is 2. The van der Waals surface area contributed by atoms with E-state index in [0.29, 0.717) is 47.0 Å². The Balaban J connectivity index is 1.31. The Morgan fingerprint density at radius 1 is 0.844 bits per heavy atom. The van der Waals surface area contributed by atoms with E-state index in [1.807, 2.05) is 53.2 Å². The highest BCUT2D eigenvalue weighted by Gasteiger charge is 2.46. The Morgan fingerprint density at radius 2 is 1.62 bits per heavy atom. The molecule has 1 aliphatic carbocycles. The highest BCUT2D eigenvalue weighted by atomic mass is 19.4. The molecule has 1 aliphatic rings. The van der Waals surface area contributed by atoms with E-state index < -0.39 is 23.2 Å². The standard InChI is InChI=1S/C36H26F3N3O3/c37-36(38,39)28-6-3-5-24(19-28)26-18-25-14-17-42(21-29-13-10-22-4-1-2-7-31(22)40-29)32(25)30(20-26)33(43)41-35(15-16-35)27-11-8-23(9-12-27)34(44)45/h1-14,17-20H,15-16,21H2,(H,41,43)(H,44,45). The number of carboxylic acid groups (broad SMARTS) is 1. The maximum atomic E-state index is 14.1. The number of benzene rings is 4. The van der Waals surface area contributed by atoms with Crippen LogP contribution in [0.25, 0.3) is 32.9 Å². The zero-order valence-electron chi connectivity index (χ0n) is 23.8. The number of fused-ring (bicyclic) bond motifs is 2. The van der Waals surface area contributed by atoms with Crippen LogP contribution in [-0.4, -0.2) is 26.5 Å². The molecule has 0 spiro atoms. The van der Waals surface area contributed by atoms with E-state index in [9.17, 15) is 27.9 Å². The van der Waals surface area contributed by atoms with Gasteiger partial charge in [-0.25, -0.2) is 4.79 Å². The molecule has 2 N–H and O–H groups in total. The average Bonchev–Trinajstić information content (AvgIpc) is 3.71. The number of pyridine rings is 1. The summed E-state index contributed by atoms with van der Waals surface area (Å²) in [6, 6.07) is 28.5. The zero-order chi connectivity index (χ0) is 31.3. The van der Waals surface area contributed by atoms with Crippen molar-refractivity contribution in [2.45, 2.75) is 31.1 Å². The molecule has 6 aromatic rings. The first kappa shape index (κ1) is 28.3. The van der Waals surface area contributed by atoms with Crippen LogP contribution >= 0.6 is 0 Å². The van der Waals surface area contributed by atoms with Crippen molar-refractivity contribution in [3.8, 4) is 11.1 Å². The van der Waals surface area contributed by atoms with Gasteiger partial charge in [0.05, 0.1) is 45.5 Å². The summed E-state index contributed by atoms with van der Waals surface area (Å²) in [5.41, 5.74) is 2.92. The summed E-state index contributed by atoms with van der Waals surface area (Å²) in [7, 11) is 0. The number of carbonyl (C=O) groups is 2. The first-order valence-electron chi connectivity index (χ1n) is 14.4. The summed E-state index contributed by atoms with van der Waals surface area (Å²) in [5.74, 6) is -1.41. The third-order valence-corrected chi connectivity index (χ3v) is 8.40. The number of nitrogens with zero attached hydrogens (tertiary/aromatic N) is 2. The molecule has 6 nitrogen and oxygen atoms in total. The maximum Gasteiger partial charge on any atom is 0.416 e. The van der Waals surface area contributed by atoms with Gasteiger partial charge < -0.3 is 15.0 Å². The number of hydrogen-bond acceptors (Lipinski definition) is 3. The number of carbonyl (C=O) groups excluding carboxylic acids is 1. The monoisotopic (exact) mass is 605 g/mol. The van der Waals surface area contributed by atoms with E-state index in [0.717, 1.165) is 34.3 Å².